The number of hydrogen-bond acceptors (Lipinski definition) is 4. The Bertz CT molecular complexity index is 1570. The maximum atomic E-state index is 14.5. The van der Waals surface area contributed by atoms with E-state index in [4.69, 9.17) is 4.74 Å². The number of aliphatic hydroxyl groups excluding tert-OH is 1. The molecule has 9 heteroatoms. The molecule has 5 rings (SSSR count). The van der Waals surface area contributed by atoms with Crippen molar-refractivity contribution in [2.75, 3.05) is 26.8 Å². The first kappa shape index (κ1) is 27.3. The van der Waals surface area contributed by atoms with Gasteiger partial charge in [-0.15, -0.1) is 0 Å². The SMILES string of the molecule is CNC(=O)c1cc(F)cc(-c2cc3c(c(C(=O)NC[C@@H](CO)Cc4c[nH]c5ccc(F)cc45)c2)OCCCC3)c1. The third-order valence-corrected chi connectivity index (χ3v) is 7.27. The third kappa shape index (κ3) is 5.84. The van der Waals surface area contributed by atoms with Crippen LogP contribution in [0.5, 0.6) is 5.75 Å². The van der Waals surface area contributed by atoms with Crippen LogP contribution in [0.15, 0.2) is 54.7 Å². The molecule has 4 N–H and O–H groups in total. The number of rotatable bonds is 8. The van der Waals surface area contributed by atoms with Crippen LogP contribution in [-0.4, -0.2) is 48.7 Å². The van der Waals surface area contributed by atoms with Crippen LogP contribution in [0, 0.1) is 17.6 Å². The second-order valence-electron chi connectivity index (χ2n) is 10.1. The van der Waals surface area contributed by atoms with Crippen molar-refractivity contribution in [2.24, 2.45) is 5.92 Å². The summed E-state index contributed by atoms with van der Waals surface area (Å²) < 4.78 is 34.3. The van der Waals surface area contributed by atoms with Gasteiger partial charge in [0.1, 0.15) is 17.4 Å². The van der Waals surface area contributed by atoms with E-state index in [0.29, 0.717) is 41.9 Å². The fourth-order valence-electron chi connectivity index (χ4n) is 5.17. The number of ether oxygens (including phenoxy) is 1. The van der Waals surface area contributed by atoms with E-state index in [0.717, 1.165) is 34.9 Å². The molecule has 0 aliphatic carbocycles. The molecule has 1 atom stereocenters. The number of fused-ring (bicyclic) bond motifs is 2. The number of aromatic amines is 1. The average Bonchev–Trinajstić information content (AvgIpc) is 3.18. The highest BCUT2D eigenvalue weighted by Crippen LogP contribution is 2.35. The zero-order valence-corrected chi connectivity index (χ0v) is 22.2. The van der Waals surface area contributed by atoms with Crippen molar-refractivity contribution in [1.29, 1.82) is 0 Å². The lowest BCUT2D eigenvalue weighted by Crippen LogP contribution is -2.32. The lowest BCUT2D eigenvalue weighted by molar-refractivity contribution is 0.0933. The molecule has 2 amide bonds. The summed E-state index contributed by atoms with van der Waals surface area (Å²) in [5.41, 5.74) is 4.04. The largest absolute Gasteiger partial charge is 0.492 e. The predicted octanol–water partition coefficient (Wildman–Crippen LogP) is 4.77. The van der Waals surface area contributed by atoms with E-state index in [1.165, 1.54) is 31.3 Å². The van der Waals surface area contributed by atoms with Crippen LogP contribution in [0.1, 0.15) is 44.7 Å². The topological polar surface area (TPSA) is 103 Å². The zero-order chi connectivity index (χ0) is 28.2. The Balaban J connectivity index is 1.41. The maximum Gasteiger partial charge on any atom is 0.255 e. The summed E-state index contributed by atoms with van der Waals surface area (Å²) in [5.74, 6) is -1.52. The molecule has 3 aromatic carbocycles. The summed E-state index contributed by atoms with van der Waals surface area (Å²) in [6.45, 7) is 0.476. The number of nitrogens with one attached hydrogen (secondary N) is 3. The molecule has 40 heavy (non-hydrogen) atoms. The number of H-pyrrole nitrogens is 1. The molecule has 1 aromatic heterocycles. The first-order valence-corrected chi connectivity index (χ1v) is 13.3. The fraction of sp³-hybridized carbons (Fsp3) is 0.290. The average molecular weight is 548 g/mol. The zero-order valence-electron chi connectivity index (χ0n) is 22.2. The normalized spacial score (nSPS) is 13.7. The van der Waals surface area contributed by atoms with Gasteiger partial charge >= 0.3 is 0 Å². The molecular weight excluding hydrogens is 516 g/mol. The smallest absolute Gasteiger partial charge is 0.255 e. The number of carbonyl (C=O) groups excluding carboxylic acids is 2. The van der Waals surface area contributed by atoms with Gasteiger partial charge in [0, 0.05) is 48.8 Å². The number of aromatic nitrogens is 1. The van der Waals surface area contributed by atoms with E-state index in [1.54, 1.807) is 24.4 Å². The Kier molecular flexibility index (Phi) is 8.11. The molecule has 4 aromatic rings. The fourth-order valence-corrected chi connectivity index (χ4v) is 5.17. The van der Waals surface area contributed by atoms with E-state index in [9.17, 15) is 23.5 Å². The molecule has 0 radical (unpaired) electrons. The van der Waals surface area contributed by atoms with Gasteiger partial charge in [0.2, 0.25) is 0 Å². The lowest BCUT2D eigenvalue weighted by atomic mass is 9.94. The van der Waals surface area contributed by atoms with Gasteiger partial charge in [-0.3, -0.25) is 9.59 Å². The maximum absolute atomic E-state index is 14.5. The number of carbonyl (C=O) groups is 2. The van der Waals surface area contributed by atoms with Gasteiger partial charge in [0.15, 0.2) is 0 Å². The number of benzene rings is 3. The van der Waals surface area contributed by atoms with Crippen LogP contribution in [0.25, 0.3) is 22.0 Å². The minimum absolute atomic E-state index is 0.178. The van der Waals surface area contributed by atoms with Crippen molar-refractivity contribution in [3.05, 3.63) is 88.6 Å². The van der Waals surface area contributed by atoms with Gasteiger partial charge in [-0.1, -0.05) is 0 Å². The van der Waals surface area contributed by atoms with Crippen LogP contribution >= 0.6 is 0 Å². The minimum Gasteiger partial charge on any atom is -0.492 e. The molecule has 0 bridgehead atoms. The van der Waals surface area contributed by atoms with Crippen molar-refractivity contribution in [3.63, 3.8) is 0 Å². The molecule has 1 aliphatic rings. The molecule has 7 nitrogen and oxygen atoms in total. The Hall–Kier alpha value is -4.24. The van der Waals surface area contributed by atoms with E-state index in [-0.39, 0.29) is 36.4 Å². The summed E-state index contributed by atoms with van der Waals surface area (Å²) in [5, 5.41) is 16.2. The van der Waals surface area contributed by atoms with Gasteiger partial charge < -0.3 is 25.5 Å². The summed E-state index contributed by atoms with van der Waals surface area (Å²) in [4.78, 5) is 28.8. The first-order valence-electron chi connectivity index (χ1n) is 13.3. The van der Waals surface area contributed by atoms with Gasteiger partial charge in [0.05, 0.1) is 12.2 Å². The summed E-state index contributed by atoms with van der Waals surface area (Å²) in [6, 6.07) is 12.1. The summed E-state index contributed by atoms with van der Waals surface area (Å²) in [6.07, 6.45) is 4.63. The second-order valence-corrected chi connectivity index (χ2v) is 10.1. The molecule has 208 valence electrons. The standard InChI is InChI=1S/C31H31F2N3O4/c1-34-30(38)22-10-20(11-25(33)12-22)21-9-19-4-2-3-7-40-29(19)27(13-21)31(39)36-15-18(17-37)8-23-16-35-28-6-5-24(32)14-26(23)28/h5-6,9-14,16,18,35,37H,2-4,7-8,15,17H2,1H3,(H,34,38)(H,36,39)/t18-/m0/s1. The number of aryl methyl sites for hydroxylation is 1. The number of amides is 2. The Morgan fingerprint density at radius 2 is 1.85 bits per heavy atom. The van der Waals surface area contributed by atoms with E-state index in [2.05, 4.69) is 15.6 Å². The van der Waals surface area contributed by atoms with Crippen LogP contribution in [0.3, 0.4) is 0 Å². The number of halogens is 2. The molecule has 0 spiro atoms. The highest BCUT2D eigenvalue weighted by Gasteiger charge is 2.23. The quantitative estimate of drug-likeness (QED) is 0.255. The molecule has 0 saturated heterocycles. The number of aliphatic hydroxyl groups is 1. The van der Waals surface area contributed by atoms with Gasteiger partial charge in [-0.05, 0) is 96.5 Å². The molecule has 0 unspecified atom stereocenters. The van der Waals surface area contributed by atoms with Crippen molar-refractivity contribution in [2.45, 2.75) is 25.7 Å². The van der Waals surface area contributed by atoms with Crippen molar-refractivity contribution >= 4 is 22.7 Å². The Morgan fingerprint density at radius 1 is 1.02 bits per heavy atom. The predicted molar refractivity (Wildman–Crippen MR) is 149 cm³/mol. The highest BCUT2D eigenvalue weighted by molar-refractivity contribution is 5.99. The van der Waals surface area contributed by atoms with Crippen LogP contribution in [-0.2, 0) is 12.8 Å². The van der Waals surface area contributed by atoms with Crippen molar-refractivity contribution < 1.29 is 28.2 Å². The second kappa shape index (κ2) is 11.9. The number of hydrogen-bond donors (Lipinski definition) is 4. The Labute approximate surface area is 230 Å². The van der Waals surface area contributed by atoms with Crippen LogP contribution in [0.4, 0.5) is 8.78 Å². The van der Waals surface area contributed by atoms with E-state index >= 15 is 0 Å². The summed E-state index contributed by atoms with van der Waals surface area (Å²) >= 11 is 0. The van der Waals surface area contributed by atoms with E-state index < -0.39 is 11.7 Å². The Morgan fingerprint density at radius 3 is 2.65 bits per heavy atom. The van der Waals surface area contributed by atoms with Gasteiger partial charge in [-0.25, -0.2) is 8.78 Å². The summed E-state index contributed by atoms with van der Waals surface area (Å²) in [7, 11) is 1.48. The molecule has 2 heterocycles. The molecule has 1 aliphatic heterocycles. The van der Waals surface area contributed by atoms with Crippen molar-refractivity contribution in [3.8, 4) is 16.9 Å². The van der Waals surface area contributed by atoms with Crippen LogP contribution in [0.2, 0.25) is 0 Å². The molecule has 0 saturated carbocycles. The minimum atomic E-state index is -0.559. The van der Waals surface area contributed by atoms with Gasteiger partial charge in [0.25, 0.3) is 11.8 Å². The highest BCUT2D eigenvalue weighted by atomic mass is 19.1. The monoisotopic (exact) mass is 547 g/mol. The lowest BCUT2D eigenvalue weighted by Gasteiger charge is -2.18. The van der Waals surface area contributed by atoms with E-state index in [1.807, 2.05) is 6.07 Å². The molecular formula is C31H31F2N3O4. The van der Waals surface area contributed by atoms with Crippen LogP contribution < -0.4 is 15.4 Å². The van der Waals surface area contributed by atoms with Gasteiger partial charge in [-0.2, -0.15) is 0 Å². The third-order valence-electron chi connectivity index (χ3n) is 7.27. The molecule has 0 fully saturated rings. The van der Waals surface area contributed by atoms with Crippen molar-refractivity contribution in [1.82, 2.24) is 15.6 Å². The first-order chi connectivity index (χ1) is 19.4.